The van der Waals surface area contributed by atoms with Crippen LogP contribution >= 0.6 is 22.9 Å². The first-order chi connectivity index (χ1) is 14.8. The second-order valence-electron chi connectivity index (χ2n) is 6.41. The molecule has 0 unspecified atom stereocenters. The molecule has 4 aromatic rings. The van der Waals surface area contributed by atoms with Crippen LogP contribution in [-0.4, -0.2) is 34.5 Å². The molecule has 0 spiro atoms. The van der Waals surface area contributed by atoms with Gasteiger partial charge in [0.1, 0.15) is 11.2 Å². The topological polar surface area (TPSA) is 119 Å². The molecular formula is C19H15ClN6O3S2. The molecule has 9 nitrogen and oxygen atoms in total. The van der Waals surface area contributed by atoms with E-state index in [0.717, 1.165) is 0 Å². The van der Waals surface area contributed by atoms with Crippen molar-refractivity contribution in [2.24, 2.45) is 0 Å². The second kappa shape index (κ2) is 8.46. The number of halogens is 1. The van der Waals surface area contributed by atoms with Crippen LogP contribution in [0.15, 0.2) is 65.1 Å². The molecule has 0 aliphatic rings. The first-order valence-corrected chi connectivity index (χ1v) is 11.6. The molecule has 0 aliphatic heterocycles. The first-order valence-electron chi connectivity index (χ1n) is 8.85. The number of aryl methyl sites for hydroxylation is 1. The van der Waals surface area contributed by atoms with E-state index in [4.69, 9.17) is 11.6 Å². The van der Waals surface area contributed by atoms with Gasteiger partial charge in [0.2, 0.25) is 0 Å². The minimum absolute atomic E-state index is 0.0251. The molecule has 1 amide bonds. The SMILES string of the molecule is Cc1ccc(NC(=O)c2sccc2-n2cnnn2)cc1S(=O)(=O)Nc1ccccc1Cl. The highest BCUT2D eigenvalue weighted by Crippen LogP contribution is 2.28. The highest BCUT2D eigenvalue weighted by Gasteiger charge is 2.21. The molecule has 2 heterocycles. The number of aromatic nitrogens is 4. The van der Waals surface area contributed by atoms with Crippen LogP contribution in [0.1, 0.15) is 15.2 Å². The summed E-state index contributed by atoms with van der Waals surface area (Å²) in [5.74, 6) is -0.410. The Kier molecular flexibility index (Phi) is 5.72. The van der Waals surface area contributed by atoms with Crippen LogP contribution in [0, 0.1) is 6.92 Å². The molecule has 0 bridgehead atoms. The van der Waals surface area contributed by atoms with Crippen molar-refractivity contribution in [3.8, 4) is 5.69 Å². The lowest BCUT2D eigenvalue weighted by Gasteiger charge is -2.13. The Hall–Kier alpha value is -3.28. The van der Waals surface area contributed by atoms with Crippen LogP contribution in [0.2, 0.25) is 5.02 Å². The van der Waals surface area contributed by atoms with Gasteiger partial charge in [-0.3, -0.25) is 9.52 Å². The third-order valence-corrected chi connectivity index (χ3v) is 7.04. The minimum Gasteiger partial charge on any atom is -0.321 e. The Morgan fingerprint density at radius 2 is 1.97 bits per heavy atom. The molecule has 158 valence electrons. The molecule has 2 aromatic carbocycles. The highest BCUT2D eigenvalue weighted by atomic mass is 35.5. The lowest BCUT2D eigenvalue weighted by molar-refractivity contribution is 0.103. The van der Waals surface area contributed by atoms with Gasteiger partial charge in [-0.1, -0.05) is 29.8 Å². The summed E-state index contributed by atoms with van der Waals surface area (Å²) in [5.41, 5.74) is 1.63. The number of para-hydroxylation sites is 1. The summed E-state index contributed by atoms with van der Waals surface area (Å²) in [5, 5.41) is 15.7. The molecule has 0 atom stereocenters. The molecule has 0 saturated heterocycles. The van der Waals surface area contributed by atoms with Crippen molar-refractivity contribution >= 4 is 50.2 Å². The van der Waals surface area contributed by atoms with Gasteiger partial charge in [-0.2, -0.15) is 4.68 Å². The number of thiophene rings is 1. The third-order valence-electron chi connectivity index (χ3n) is 4.30. The molecule has 0 radical (unpaired) electrons. The summed E-state index contributed by atoms with van der Waals surface area (Å²) in [6.07, 6.45) is 1.38. The summed E-state index contributed by atoms with van der Waals surface area (Å²) in [4.78, 5) is 13.2. The van der Waals surface area contributed by atoms with Crippen LogP contribution in [0.25, 0.3) is 5.69 Å². The van der Waals surface area contributed by atoms with Gasteiger partial charge in [-0.15, -0.1) is 16.4 Å². The Balaban J connectivity index is 1.61. The number of nitrogens with zero attached hydrogens (tertiary/aromatic N) is 4. The van der Waals surface area contributed by atoms with Crippen molar-refractivity contribution in [2.45, 2.75) is 11.8 Å². The first kappa shape index (κ1) is 21.0. The fourth-order valence-corrected chi connectivity index (χ4v) is 5.19. The van der Waals surface area contributed by atoms with E-state index in [1.54, 1.807) is 54.8 Å². The number of hydrogen-bond donors (Lipinski definition) is 2. The fraction of sp³-hybridized carbons (Fsp3) is 0.0526. The van der Waals surface area contributed by atoms with E-state index in [-0.39, 0.29) is 15.6 Å². The molecule has 12 heteroatoms. The van der Waals surface area contributed by atoms with E-state index in [1.165, 1.54) is 28.4 Å². The number of carbonyl (C=O) groups excluding carboxylic acids is 1. The number of tetrazole rings is 1. The number of nitrogens with one attached hydrogen (secondary N) is 2. The van der Waals surface area contributed by atoms with E-state index in [0.29, 0.717) is 21.8 Å². The number of benzene rings is 2. The zero-order valence-electron chi connectivity index (χ0n) is 16.0. The Bertz CT molecular complexity index is 1350. The quantitative estimate of drug-likeness (QED) is 0.439. The summed E-state index contributed by atoms with van der Waals surface area (Å²) < 4.78 is 29.8. The van der Waals surface area contributed by atoms with Crippen LogP contribution < -0.4 is 10.0 Å². The van der Waals surface area contributed by atoms with Crippen LogP contribution in [0.4, 0.5) is 11.4 Å². The number of anilines is 2. The summed E-state index contributed by atoms with van der Waals surface area (Å²) in [6.45, 7) is 1.67. The van der Waals surface area contributed by atoms with E-state index >= 15 is 0 Å². The van der Waals surface area contributed by atoms with Crippen molar-refractivity contribution in [1.82, 2.24) is 20.2 Å². The van der Waals surface area contributed by atoms with Crippen LogP contribution in [-0.2, 0) is 10.0 Å². The number of rotatable bonds is 6. The maximum atomic E-state index is 12.9. The number of sulfonamides is 1. The maximum absolute atomic E-state index is 12.9. The van der Waals surface area contributed by atoms with Gasteiger partial charge in [0.05, 0.1) is 21.3 Å². The van der Waals surface area contributed by atoms with Crippen molar-refractivity contribution in [3.05, 3.63) is 75.7 Å². The normalized spacial score (nSPS) is 11.3. The molecular weight excluding hydrogens is 460 g/mol. The Labute approximate surface area is 186 Å². The highest BCUT2D eigenvalue weighted by molar-refractivity contribution is 7.92. The average Bonchev–Trinajstić information content (AvgIpc) is 3.42. The molecule has 2 aromatic heterocycles. The average molecular weight is 475 g/mol. The fourth-order valence-electron chi connectivity index (χ4n) is 2.82. The van der Waals surface area contributed by atoms with E-state index in [2.05, 4.69) is 25.6 Å². The molecule has 4 rings (SSSR count). The van der Waals surface area contributed by atoms with Crippen LogP contribution in [0.5, 0.6) is 0 Å². The van der Waals surface area contributed by atoms with Gasteiger partial charge < -0.3 is 5.32 Å². The Morgan fingerprint density at radius 3 is 2.71 bits per heavy atom. The van der Waals surface area contributed by atoms with Gasteiger partial charge in [0.25, 0.3) is 15.9 Å². The maximum Gasteiger partial charge on any atom is 0.267 e. The van der Waals surface area contributed by atoms with Gasteiger partial charge in [0.15, 0.2) is 0 Å². The van der Waals surface area contributed by atoms with Gasteiger partial charge >= 0.3 is 0 Å². The lowest BCUT2D eigenvalue weighted by atomic mass is 10.2. The van der Waals surface area contributed by atoms with Crippen molar-refractivity contribution in [3.63, 3.8) is 0 Å². The number of hydrogen-bond acceptors (Lipinski definition) is 7. The Morgan fingerprint density at radius 1 is 1.16 bits per heavy atom. The number of carbonyl (C=O) groups is 1. The minimum atomic E-state index is -3.94. The van der Waals surface area contributed by atoms with Crippen molar-refractivity contribution in [1.29, 1.82) is 0 Å². The molecule has 31 heavy (non-hydrogen) atoms. The van der Waals surface area contributed by atoms with E-state index in [9.17, 15) is 13.2 Å². The predicted octanol–water partition coefficient (Wildman–Crippen LogP) is 3.74. The third kappa shape index (κ3) is 4.43. The van der Waals surface area contributed by atoms with Gasteiger partial charge in [0, 0.05) is 5.69 Å². The van der Waals surface area contributed by atoms with Crippen LogP contribution in [0.3, 0.4) is 0 Å². The van der Waals surface area contributed by atoms with Crippen molar-refractivity contribution in [2.75, 3.05) is 10.0 Å². The monoisotopic (exact) mass is 474 g/mol. The van der Waals surface area contributed by atoms with Crippen molar-refractivity contribution < 1.29 is 13.2 Å². The summed E-state index contributed by atoms with van der Waals surface area (Å²) >= 11 is 7.29. The zero-order valence-corrected chi connectivity index (χ0v) is 18.4. The molecule has 2 N–H and O–H groups in total. The predicted molar refractivity (Wildman–Crippen MR) is 118 cm³/mol. The summed E-state index contributed by atoms with van der Waals surface area (Å²) in [6, 6.07) is 12.9. The van der Waals surface area contributed by atoms with Gasteiger partial charge in [-0.25, -0.2) is 8.42 Å². The molecule has 0 fully saturated rings. The van der Waals surface area contributed by atoms with Gasteiger partial charge in [-0.05, 0) is 58.6 Å². The van der Waals surface area contributed by atoms with E-state index < -0.39 is 15.9 Å². The van der Waals surface area contributed by atoms with E-state index in [1.807, 2.05) is 0 Å². The molecule has 0 saturated carbocycles. The summed E-state index contributed by atoms with van der Waals surface area (Å²) in [7, 11) is -3.94. The number of amides is 1. The lowest BCUT2D eigenvalue weighted by Crippen LogP contribution is -2.16. The smallest absolute Gasteiger partial charge is 0.267 e. The second-order valence-corrected chi connectivity index (χ2v) is 9.38. The molecule has 0 aliphatic carbocycles. The standard InChI is InChI=1S/C19H15ClN6O3S2/c1-12-6-7-13(10-17(12)31(28,29)23-15-5-3-2-4-14(15)20)22-19(27)18-16(8-9-30-18)26-11-21-24-25-26/h2-11,23H,1H3,(H,22,27). The zero-order chi connectivity index (χ0) is 22.0. The largest absolute Gasteiger partial charge is 0.321 e.